The Morgan fingerprint density at radius 2 is 1.92 bits per heavy atom. The van der Waals surface area contributed by atoms with Crippen molar-refractivity contribution in [1.29, 1.82) is 0 Å². The molecule has 1 rings (SSSR count). The van der Waals surface area contributed by atoms with Crippen molar-refractivity contribution >= 4 is 33.6 Å². The van der Waals surface area contributed by atoms with Crippen molar-refractivity contribution in [2.75, 3.05) is 10.5 Å². The Balaban J connectivity index is 2.33. The molecule has 0 saturated carbocycles. The molecule has 0 aromatic heterocycles. The van der Waals surface area contributed by atoms with Crippen LogP contribution in [0, 0.1) is 5.92 Å². The van der Waals surface area contributed by atoms with E-state index in [4.69, 9.17) is 0 Å². The van der Waals surface area contributed by atoms with Crippen LogP contribution in [0.3, 0.4) is 0 Å². The summed E-state index contributed by atoms with van der Waals surface area (Å²) in [5.74, 6) is 1.86. The lowest BCUT2D eigenvalue weighted by molar-refractivity contribution is 0.751. The zero-order chi connectivity index (χ0) is 9.68. The molecule has 1 N–H and O–H groups in total. The van der Waals surface area contributed by atoms with Gasteiger partial charge in [0, 0.05) is 15.9 Å². The molecule has 0 fully saturated rings. The molecule has 3 heteroatoms. The second-order valence-electron chi connectivity index (χ2n) is 3.31. The van der Waals surface area contributed by atoms with E-state index in [1.807, 2.05) is 12.1 Å². The molecule has 0 unspecified atom stereocenters. The molecule has 0 radical (unpaired) electrons. The summed E-state index contributed by atoms with van der Waals surface area (Å²) in [4.78, 5) is 0. The predicted octanol–water partition coefficient (Wildman–Crippen LogP) is 4.17. The van der Waals surface area contributed by atoms with Crippen molar-refractivity contribution in [1.82, 2.24) is 0 Å². The van der Waals surface area contributed by atoms with Crippen LogP contribution in [0.15, 0.2) is 28.7 Å². The lowest BCUT2D eigenvalue weighted by atomic mass is 10.3. The Kier molecular flexibility index (Phi) is 4.67. The number of nitrogens with one attached hydrogen (secondary N) is 1. The summed E-state index contributed by atoms with van der Waals surface area (Å²) >= 11 is 5.16. The number of anilines is 1. The van der Waals surface area contributed by atoms with Crippen molar-refractivity contribution in [2.24, 2.45) is 5.92 Å². The summed E-state index contributed by atoms with van der Waals surface area (Å²) < 4.78 is 4.42. The van der Waals surface area contributed by atoms with Gasteiger partial charge in [0.25, 0.3) is 0 Å². The number of hydrogen-bond donors (Lipinski definition) is 1. The molecule has 1 nitrogen and oxygen atoms in total. The van der Waals surface area contributed by atoms with E-state index in [0.717, 1.165) is 21.8 Å². The molecule has 0 spiro atoms. The van der Waals surface area contributed by atoms with Gasteiger partial charge in [-0.2, -0.15) is 0 Å². The Hall–Kier alpha value is -0.150. The summed E-state index contributed by atoms with van der Waals surface area (Å²) in [5.41, 5.74) is 1.16. The number of rotatable bonds is 4. The molecule has 0 heterocycles. The number of halogens is 1. The normalized spacial score (nSPS) is 10.5. The van der Waals surface area contributed by atoms with Crippen LogP contribution in [-0.2, 0) is 0 Å². The zero-order valence-electron chi connectivity index (χ0n) is 7.88. The summed E-state index contributed by atoms with van der Waals surface area (Å²) in [5, 5.41) is 0. The number of benzene rings is 1. The molecule has 13 heavy (non-hydrogen) atoms. The van der Waals surface area contributed by atoms with Crippen LogP contribution in [0.1, 0.15) is 13.8 Å². The van der Waals surface area contributed by atoms with Gasteiger partial charge >= 0.3 is 0 Å². The summed E-state index contributed by atoms with van der Waals surface area (Å²) in [6.07, 6.45) is 0. The van der Waals surface area contributed by atoms with Gasteiger partial charge < -0.3 is 4.72 Å². The lowest BCUT2D eigenvalue weighted by Gasteiger charge is -2.06. The third kappa shape index (κ3) is 4.58. The third-order valence-corrected chi connectivity index (χ3v) is 3.19. The first-order valence-electron chi connectivity index (χ1n) is 4.32. The largest absolute Gasteiger partial charge is 0.330 e. The van der Waals surface area contributed by atoms with Crippen molar-refractivity contribution in [2.45, 2.75) is 13.8 Å². The van der Waals surface area contributed by atoms with E-state index in [1.54, 1.807) is 11.9 Å². The van der Waals surface area contributed by atoms with Crippen LogP contribution in [0.4, 0.5) is 5.69 Å². The van der Waals surface area contributed by atoms with Gasteiger partial charge in [-0.3, -0.25) is 0 Å². The minimum Gasteiger partial charge on any atom is -0.330 e. The minimum atomic E-state index is 0.730. The third-order valence-electron chi connectivity index (χ3n) is 1.45. The minimum absolute atomic E-state index is 0.730. The topological polar surface area (TPSA) is 12.0 Å². The summed E-state index contributed by atoms with van der Waals surface area (Å²) in [6, 6.07) is 8.21. The van der Waals surface area contributed by atoms with Crippen LogP contribution < -0.4 is 4.72 Å². The van der Waals surface area contributed by atoms with Gasteiger partial charge in [0.15, 0.2) is 0 Å². The summed E-state index contributed by atoms with van der Waals surface area (Å²) in [6.45, 7) is 4.44. The Bertz CT molecular complexity index is 246. The molecule has 72 valence electrons. The standard InChI is InChI=1S/C10H14BrNS/c1-8(2)7-13-12-10-5-3-9(11)4-6-10/h3-6,8,12H,7H2,1-2H3. The number of hydrogen-bond acceptors (Lipinski definition) is 2. The molecule has 0 saturated heterocycles. The van der Waals surface area contributed by atoms with Crippen LogP contribution in [-0.4, -0.2) is 5.75 Å². The highest BCUT2D eigenvalue weighted by atomic mass is 79.9. The van der Waals surface area contributed by atoms with E-state index < -0.39 is 0 Å². The van der Waals surface area contributed by atoms with E-state index in [1.165, 1.54) is 0 Å². The first-order valence-corrected chi connectivity index (χ1v) is 6.09. The van der Waals surface area contributed by atoms with Crippen molar-refractivity contribution in [3.05, 3.63) is 28.7 Å². The van der Waals surface area contributed by atoms with Crippen molar-refractivity contribution in [3.8, 4) is 0 Å². The van der Waals surface area contributed by atoms with Gasteiger partial charge in [0.2, 0.25) is 0 Å². The first kappa shape index (κ1) is 10.9. The van der Waals surface area contributed by atoms with Crippen molar-refractivity contribution < 1.29 is 0 Å². The molecule has 0 aliphatic carbocycles. The van der Waals surface area contributed by atoms with Crippen LogP contribution in [0.25, 0.3) is 0 Å². The fourth-order valence-electron chi connectivity index (χ4n) is 0.810. The van der Waals surface area contributed by atoms with E-state index in [9.17, 15) is 0 Å². The van der Waals surface area contributed by atoms with E-state index >= 15 is 0 Å². The zero-order valence-corrected chi connectivity index (χ0v) is 10.3. The predicted molar refractivity (Wildman–Crippen MR) is 65.1 cm³/mol. The van der Waals surface area contributed by atoms with Gasteiger partial charge in [-0.1, -0.05) is 41.7 Å². The second-order valence-corrected chi connectivity index (χ2v) is 5.06. The molecule has 1 aromatic carbocycles. The van der Waals surface area contributed by atoms with Gasteiger partial charge in [-0.25, -0.2) is 0 Å². The molecule has 0 aliphatic heterocycles. The maximum atomic E-state index is 3.40. The highest BCUT2D eigenvalue weighted by molar-refractivity contribution is 9.10. The van der Waals surface area contributed by atoms with E-state index in [2.05, 4.69) is 46.6 Å². The Labute approximate surface area is 92.6 Å². The van der Waals surface area contributed by atoms with Crippen LogP contribution in [0.5, 0.6) is 0 Å². The monoisotopic (exact) mass is 259 g/mol. The maximum Gasteiger partial charge on any atom is 0.0440 e. The Morgan fingerprint density at radius 1 is 1.31 bits per heavy atom. The molecule has 1 aromatic rings. The molecular formula is C10H14BrNS. The van der Waals surface area contributed by atoms with Gasteiger partial charge in [-0.15, -0.1) is 0 Å². The molecule has 0 aliphatic rings. The van der Waals surface area contributed by atoms with Gasteiger partial charge in [0.1, 0.15) is 0 Å². The highest BCUT2D eigenvalue weighted by Crippen LogP contribution is 2.17. The van der Waals surface area contributed by atoms with E-state index in [-0.39, 0.29) is 0 Å². The fraction of sp³-hybridized carbons (Fsp3) is 0.400. The summed E-state index contributed by atoms with van der Waals surface area (Å²) in [7, 11) is 0. The lowest BCUT2D eigenvalue weighted by Crippen LogP contribution is -1.95. The molecular weight excluding hydrogens is 246 g/mol. The maximum absolute atomic E-state index is 3.40. The van der Waals surface area contributed by atoms with Gasteiger partial charge in [0.05, 0.1) is 0 Å². The second kappa shape index (κ2) is 5.55. The van der Waals surface area contributed by atoms with Gasteiger partial charge in [-0.05, 0) is 30.2 Å². The fourth-order valence-corrected chi connectivity index (χ4v) is 1.79. The Morgan fingerprint density at radius 3 is 2.46 bits per heavy atom. The first-order chi connectivity index (χ1) is 6.18. The van der Waals surface area contributed by atoms with Crippen LogP contribution >= 0.6 is 27.9 Å². The van der Waals surface area contributed by atoms with Crippen molar-refractivity contribution in [3.63, 3.8) is 0 Å². The smallest absolute Gasteiger partial charge is 0.0440 e. The quantitative estimate of drug-likeness (QED) is 0.815. The molecule has 0 bridgehead atoms. The molecule has 0 amide bonds. The van der Waals surface area contributed by atoms with Crippen LogP contribution in [0.2, 0.25) is 0 Å². The van der Waals surface area contributed by atoms with E-state index in [0.29, 0.717) is 0 Å². The molecule has 0 atom stereocenters. The SMILES string of the molecule is CC(C)CSNc1ccc(Br)cc1. The average Bonchev–Trinajstić information content (AvgIpc) is 2.08. The highest BCUT2D eigenvalue weighted by Gasteiger charge is 1.95. The average molecular weight is 260 g/mol.